The number of rotatable bonds is 7. The Labute approximate surface area is 164 Å². The number of aromatic nitrogens is 2. The summed E-state index contributed by atoms with van der Waals surface area (Å²) in [7, 11) is 0. The van der Waals surface area contributed by atoms with E-state index in [-0.39, 0.29) is 5.82 Å². The van der Waals surface area contributed by atoms with Gasteiger partial charge in [0.15, 0.2) is 0 Å². The Bertz CT molecular complexity index is 1070. The molecule has 0 saturated carbocycles. The van der Waals surface area contributed by atoms with Crippen LogP contribution in [0.2, 0.25) is 0 Å². The molecule has 0 N–H and O–H groups in total. The van der Waals surface area contributed by atoms with E-state index < -0.39 is 0 Å². The molecule has 0 spiro atoms. The molecule has 0 bridgehead atoms. The predicted octanol–water partition coefficient (Wildman–Crippen LogP) is 5.87. The summed E-state index contributed by atoms with van der Waals surface area (Å²) in [4.78, 5) is 4.68. The molecule has 28 heavy (non-hydrogen) atoms. The predicted molar refractivity (Wildman–Crippen MR) is 111 cm³/mol. The van der Waals surface area contributed by atoms with Crippen LogP contribution in [0.25, 0.3) is 22.4 Å². The van der Waals surface area contributed by atoms with Gasteiger partial charge in [-0.2, -0.15) is 0 Å². The van der Waals surface area contributed by atoms with E-state index in [2.05, 4.69) is 28.6 Å². The smallest absolute Gasteiger partial charge is 0.144 e. The highest BCUT2D eigenvalue weighted by Crippen LogP contribution is 2.27. The second kappa shape index (κ2) is 8.26. The number of hydrogen-bond acceptors (Lipinski definition) is 2. The molecular formula is C24H23FN2O. The lowest BCUT2D eigenvalue weighted by Gasteiger charge is -2.11. The summed E-state index contributed by atoms with van der Waals surface area (Å²) < 4.78 is 22.3. The third kappa shape index (κ3) is 3.77. The highest BCUT2D eigenvalue weighted by Gasteiger charge is 2.15. The first-order chi connectivity index (χ1) is 13.8. The first kappa shape index (κ1) is 18.2. The average molecular weight is 374 g/mol. The van der Waals surface area contributed by atoms with Crippen LogP contribution < -0.4 is 4.74 Å². The van der Waals surface area contributed by atoms with Crippen molar-refractivity contribution in [3.05, 3.63) is 84.2 Å². The first-order valence-electron chi connectivity index (χ1n) is 9.68. The van der Waals surface area contributed by atoms with E-state index in [1.165, 1.54) is 11.6 Å². The van der Waals surface area contributed by atoms with Gasteiger partial charge in [0.1, 0.15) is 17.4 Å². The summed E-state index contributed by atoms with van der Waals surface area (Å²) in [6.07, 6.45) is 1.82. The molecule has 3 aromatic carbocycles. The molecule has 0 unspecified atom stereocenters. The van der Waals surface area contributed by atoms with Crippen LogP contribution in [0, 0.1) is 5.82 Å². The average Bonchev–Trinajstić information content (AvgIpc) is 3.10. The molecule has 0 aliphatic rings. The van der Waals surface area contributed by atoms with E-state index in [0.717, 1.165) is 29.6 Å². The summed E-state index contributed by atoms with van der Waals surface area (Å²) in [5.41, 5.74) is 3.70. The van der Waals surface area contributed by atoms with Gasteiger partial charge in [-0.3, -0.25) is 0 Å². The first-order valence-corrected chi connectivity index (χ1v) is 9.68. The maximum absolute atomic E-state index is 14.4. The maximum Gasteiger partial charge on any atom is 0.144 e. The number of benzene rings is 3. The standard InChI is InChI=1S/C24H23FN2O/c1-2-18-12-14-19(15-13-18)28-17-7-16-27-23-11-6-5-10-22(23)26-24(27)20-8-3-4-9-21(20)25/h3-6,8-15H,2,7,16-17H2,1H3. The lowest BCUT2D eigenvalue weighted by atomic mass is 10.2. The largest absolute Gasteiger partial charge is 0.494 e. The van der Waals surface area contributed by atoms with Crippen molar-refractivity contribution < 1.29 is 9.13 Å². The maximum atomic E-state index is 14.4. The molecule has 0 fully saturated rings. The fourth-order valence-electron chi connectivity index (χ4n) is 3.38. The molecule has 4 rings (SSSR count). The van der Waals surface area contributed by atoms with Crippen LogP contribution in [0.4, 0.5) is 4.39 Å². The highest BCUT2D eigenvalue weighted by molar-refractivity contribution is 5.80. The van der Waals surface area contributed by atoms with Gasteiger partial charge in [0, 0.05) is 6.54 Å². The van der Waals surface area contributed by atoms with Crippen molar-refractivity contribution in [2.45, 2.75) is 26.3 Å². The molecule has 0 amide bonds. The number of ether oxygens (including phenoxy) is 1. The van der Waals surface area contributed by atoms with Crippen molar-refractivity contribution in [2.75, 3.05) is 6.61 Å². The molecule has 4 aromatic rings. The lowest BCUT2D eigenvalue weighted by molar-refractivity contribution is 0.303. The van der Waals surface area contributed by atoms with Crippen molar-refractivity contribution in [3.8, 4) is 17.1 Å². The molecule has 0 radical (unpaired) electrons. The van der Waals surface area contributed by atoms with Crippen LogP contribution in [0.3, 0.4) is 0 Å². The minimum atomic E-state index is -0.258. The third-order valence-corrected chi connectivity index (χ3v) is 4.90. The summed E-state index contributed by atoms with van der Waals surface area (Å²) in [5, 5.41) is 0. The second-order valence-electron chi connectivity index (χ2n) is 6.76. The van der Waals surface area contributed by atoms with E-state index in [4.69, 9.17) is 4.74 Å². The number of imidazole rings is 1. The SMILES string of the molecule is CCc1ccc(OCCCn2c(-c3ccccc3F)nc3ccccc32)cc1. The van der Waals surface area contributed by atoms with Crippen LogP contribution in [-0.2, 0) is 13.0 Å². The molecule has 0 atom stereocenters. The minimum absolute atomic E-state index is 0.258. The van der Waals surface area contributed by atoms with Crippen LogP contribution in [0.1, 0.15) is 18.9 Å². The quantitative estimate of drug-likeness (QED) is 0.378. The normalized spacial score (nSPS) is 11.1. The summed E-state index contributed by atoms with van der Waals surface area (Å²) in [6.45, 7) is 3.43. The zero-order chi connectivity index (χ0) is 19.3. The number of aryl methyl sites for hydroxylation is 2. The molecule has 0 saturated heterocycles. The zero-order valence-corrected chi connectivity index (χ0v) is 15.9. The fraction of sp³-hybridized carbons (Fsp3) is 0.208. The van der Waals surface area contributed by atoms with E-state index >= 15 is 0 Å². The summed E-state index contributed by atoms with van der Waals surface area (Å²) in [5.74, 6) is 1.28. The fourth-order valence-corrected chi connectivity index (χ4v) is 3.38. The van der Waals surface area contributed by atoms with Crippen LogP contribution in [0.15, 0.2) is 72.8 Å². The number of fused-ring (bicyclic) bond motifs is 1. The van der Waals surface area contributed by atoms with Crippen LogP contribution >= 0.6 is 0 Å². The van der Waals surface area contributed by atoms with Gasteiger partial charge in [-0.1, -0.05) is 43.3 Å². The van der Waals surface area contributed by atoms with Gasteiger partial charge in [0.2, 0.25) is 0 Å². The Morgan fingerprint density at radius 3 is 2.46 bits per heavy atom. The summed E-state index contributed by atoms with van der Waals surface area (Å²) >= 11 is 0. The Morgan fingerprint density at radius 1 is 0.929 bits per heavy atom. The third-order valence-electron chi connectivity index (χ3n) is 4.90. The molecule has 1 heterocycles. The van der Waals surface area contributed by atoms with Crippen molar-refractivity contribution >= 4 is 11.0 Å². The molecular weight excluding hydrogens is 351 g/mol. The zero-order valence-electron chi connectivity index (χ0n) is 15.9. The van der Waals surface area contributed by atoms with Crippen LogP contribution in [0.5, 0.6) is 5.75 Å². The van der Waals surface area contributed by atoms with Crippen molar-refractivity contribution in [2.24, 2.45) is 0 Å². The van der Waals surface area contributed by atoms with E-state index in [9.17, 15) is 4.39 Å². The molecule has 142 valence electrons. The van der Waals surface area contributed by atoms with Gasteiger partial charge >= 0.3 is 0 Å². The Kier molecular flexibility index (Phi) is 5.38. The van der Waals surface area contributed by atoms with Crippen LogP contribution in [-0.4, -0.2) is 16.2 Å². The monoisotopic (exact) mass is 374 g/mol. The van der Waals surface area contributed by atoms with E-state index in [1.54, 1.807) is 12.1 Å². The van der Waals surface area contributed by atoms with Gasteiger partial charge in [0.25, 0.3) is 0 Å². The topological polar surface area (TPSA) is 27.1 Å². The van der Waals surface area contributed by atoms with Crippen molar-refractivity contribution in [3.63, 3.8) is 0 Å². The number of hydrogen-bond donors (Lipinski definition) is 0. The van der Waals surface area contributed by atoms with E-state index in [0.29, 0.717) is 24.5 Å². The van der Waals surface area contributed by atoms with Gasteiger partial charge < -0.3 is 9.30 Å². The summed E-state index contributed by atoms with van der Waals surface area (Å²) in [6, 6.07) is 22.9. The molecule has 4 heteroatoms. The number of nitrogens with zero attached hydrogens (tertiary/aromatic N) is 2. The highest BCUT2D eigenvalue weighted by atomic mass is 19.1. The van der Waals surface area contributed by atoms with Gasteiger partial charge in [0.05, 0.1) is 23.2 Å². The van der Waals surface area contributed by atoms with Crippen molar-refractivity contribution in [1.29, 1.82) is 0 Å². The van der Waals surface area contributed by atoms with Gasteiger partial charge in [-0.05, 0) is 54.8 Å². The Morgan fingerprint density at radius 2 is 1.68 bits per heavy atom. The van der Waals surface area contributed by atoms with Gasteiger partial charge in [-0.15, -0.1) is 0 Å². The molecule has 3 nitrogen and oxygen atoms in total. The molecule has 1 aromatic heterocycles. The lowest BCUT2D eigenvalue weighted by Crippen LogP contribution is -2.06. The second-order valence-corrected chi connectivity index (χ2v) is 6.76. The molecule has 0 aliphatic carbocycles. The van der Waals surface area contributed by atoms with Crippen molar-refractivity contribution in [1.82, 2.24) is 9.55 Å². The van der Waals surface area contributed by atoms with Gasteiger partial charge in [-0.25, -0.2) is 9.37 Å². The van der Waals surface area contributed by atoms with E-state index in [1.807, 2.05) is 42.5 Å². The minimum Gasteiger partial charge on any atom is -0.494 e. The number of halogens is 1. The number of para-hydroxylation sites is 2. The Balaban J connectivity index is 1.52. The Hall–Kier alpha value is -3.14. The molecule has 0 aliphatic heterocycles.